The number of anilines is 2. The molecule has 4 aromatic rings. The molecule has 178 valence electrons. The molecule has 0 aliphatic carbocycles. The van der Waals surface area contributed by atoms with Crippen LogP contribution in [0.1, 0.15) is 17.7 Å². The van der Waals surface area contributed by atoms with E-state index in [1.165, 1.54) is 11.3 Å². The summed E-state index contributed by atoms with van der Waals surface area (Å²) in [4.78, 5) is 32.2. The van der Waals surface area contributed by atoms with Crippen LogP contribution in [0.15, 0.2) is 60.0 Å². The molecule has 0 saturated carbocycles. The van der Waals surface area contributed by atoms with E-state index >= 15 is 0 Å². The lowest BCUT2D eigenvalue weighted by Gasteiger charge is -2.17. The van der Waals surface area contributed by atoms with Gasteiger partial charge in [0.15, 0.2) is 0 Å². The van der Waals surface area contributed by atoms with Gasteiger partial charge in [-0.25, -0.2) is 4.98 Å². The number of benzene rings is 2. The topological polar surface area (TPSA) is 89.3 Å². The zero-order chi connectivity index (χ0) is 24.5. The number of nitrogens with one attached hydrogen (secondary N) is 1. The van der Waals surface area contributed by atoms with Crippen LogP contribution >= 0.6 is 11.3 Å². The van der Waals surface area contributed by atoms with Gasteiger partial charge in [0.2, 0.25) is 16.9 Å². The summed E-state index contributed by atoms with van der Waals surface area (Å²) in [5.74, 6) is 0.608. The molecular formula is C26H25N5O3S. The summed E-state index contributed by atoms with van der Waals surface area (Å²) in [5.41, 5.74) is 4.42. The number of carbonyl (C=O) groups excluding carboxylic acids is 2. The van der Waals surface area contributed by atoms with Gasteiger partial charge in [0.25, 0.3) is 0 Å². The van der Waals surface area contributed by atoms with E-state index in [1.54, 1.807) is 22.8 Å². The highest BCUT2D eigenvalue weighted by Gasteiger charge is 2.35. The number of aryl methyl sites for hydroxylation is 2. The van der Waals surface area contributed by atoms with Crippen LogP contribution in [0.2, 0.25) is 0 Å². The van der Waals surface area contributed by atoms with E-state index in [2.05, 4.69) is 10.4 Å². The second-order valence-electron chi connectivity index (χ2n) is 8.56. The Hall–Kier alpha value is -3.98. The number of methoxy groups -OCH3 is 1. The summed E-state index contributed by atoms with van der Waals surface area (Å²) < 4.78 is 6.86. The molecule has 0 spiro atoms. The molecule has 0 radical (unpaired) electrons. The fourth-order valence-electron chi connectivity index (χ4n) is 4.15. The molecule has 1 unspecified atom stereocenters. The van der Waals surface area contributed by atoms with Gasteiger partial charge in [-0.2, -0.15) is 9.78 Å². The van der Waals surface area contributed by atoms with Gasteiger partial charge >= 0.3 is 0 Å². The fraction of sp³-hybridized carbons (Fsp3) is 0.231. The summed E-state index contributed by atoms with van der Waals surface area (Å²) in [5, 5.41) is 10.1. The van der Waals surface area contributed by atoms with Crippen LogP contribution in [0.4, 0.5) is 11.5 Å². The smallest absolute Gasteiger partial charge is 0.230 e. The van der Waals surface area contributed by atoms with Crippen LogP contribution in [0.3, 0.4) is 0 Å². The average molecular weight is 488 g/mol. The third kappa shape index (κ3) is 4.67. The highest BCUT2D eigenvalue weighted by Crippen LogP contribution is 2.29. The number of ether oxygens (including phenoxy) is 1. The van der Waals surface area contributed by atoms with Crippen molar-refractivity contribution in [2.75, 3.05) is 23.9 Å². The molecule has 2 amide bonds. The first-order chi connectivity index (χ1) is 16.9. The van der Waals surface area contributed by atoms with E-state index in [0.29, 0.717) is 17.5 Å². The maximum Gasteiger partial charge on any atom is 0.230 e. The number of hydrogen-bond donors (Lipinski definition) is 1. The molecule has 1 atom stereocenters. The van der Waals surface area contributed by atoms with E-state index < -0.39 is 5.92 Å². The van der Waals surface area contributed by atoms with Crippen LogP contribution < -0.4 is 15.0 Å². The van der Waals surface area contributed by atoms with Gasteiger partial charge in [0, 0.05) is 35.7 Å². The lowest BCUT2D eigenvalue weighted by molar-refractivity contribution is -0.122. The Bertz CT molecular complexity index is 1390. The molecule has 5 rings (SSSR count). The monoisotopic (exact) mass is 487 g/mol. The molecule has 1 aliphatic heterocycles. The van der Waals surface area contributed by atoms with Crippen molar-refractivity contribution in [3.63, 3.8) is 0 Å². The van der Waals surface area contributed by atoms with Crippen molar-refractivity contribution in [1.29, 1.82) is 0 Å². The first-order valence-corrected chi connectivity index (χ1v) is 12.1. The van der Waals surface area contributed by atoms with Crippen molar-refractivity contribution in [3.8, 4) is 22.1 Å². The second kappa shape index (κ2) is 9.34. The Kier molecular flexibility index (Phi) is 6.08. The summed E-state index contributed by atoms with van der Waals surface area (Å²) >= 11 is 1.44. The van der Waals surface area contributed by atoms with Crippen molar-refractivity contribution in [2.45, 2.75) is 20.3 Å². The molecule has 3 heterocycles. The number of nitrogens with zero attached hydrogens (tertiary/aromatic N) is 4. The molecule has 1 aliphatic rings. The minimum Gasteiger partial charge on any atom is -0.497 e. The van der Waals surface area contributed by atoms with Gasteiger partial charge in [-0.15, -0.1) is 11.3 Å². The van der Waals surface area contributed by atoms with E-state index in [9.17, 15) is 9.59 Å². The average Bonchev–Trinajstić information content (AvgIpc) is 3.57. The van der Waals surface area contributed by atoms with Crippen LogP contribution in [-0.4, -0.2) is 40.2 Å². The van der Waals surface area contributed by atoms with Gasteiger partial charge in [-0.3, -0.25) is 9.59 Å². The summed E-state index contributed by atoms with van der Waals surface area (Å²) in [6.07, 6.45) is 0.172. The maximum absolute atomic E-state index is 13.1. The maximum atomic E-state index is 13.1. The standard InChI is InChI=1S/C26H25N5O3S/c1-16-5-4-6-20(11-16)30-14-19(13-24(30)32)25(33)28-23-12-17(2)29-31(23)26-27-22(15-35-26)18-7-9-21(34-3)10-8-18/h4-12,15,19H,13-14H2,1-3H3,(H,28,33). The predicted octanol–water partition coefficient (Wildman–Crippen LogP) is 4.61. The van der Waals surface area contributed by atoms with Crippen molar-refractivity contribution < 1.29 is 14.3 Å². The fourth-order valence-corrected chi connectivity index (χ4v) is 4.94. The minimum atomic E-state index is -0.446. The molecule has 1 N–H and O–H groups in total. The van der Waals surface area contributed by atoms with Crippen molar-refractivity contribution in [1.82, 2.24) is 14.8 Å². The molecule has 8 nitrogen and oxygen atoms in total. The van der Waals surface area contributed by atoms with Crippen molar-refractivity contribution in [2.24, 2.45) is 5.92 Å². The Balaban J connectivity index is 1.33. The van der Waals surface area contributed by atoms with Gasteiger partial charge in [0.05, 0.1) is 24.4 Å². The molecule has 1 saturated heterocycles. The summed E-state index contributed by atoms with van der Waals surface area (Å²) in [6, 6.07) is 17.2. The van der Waals surface area contributed by atoms with Crippen LogP contribution in [0, 0.1) is 19.8 Å². The quantitative estimate of drug-likeness (QED) is 0.429. The summed E-state index contributed by atoms with van der Waals surface area (Å²) in [6.45, 7) is 4.19. The number of rotatable bonds is 6. The minimum absolute atomic E-state index is 0.0514. The first kappa shape index (κ1) is 22.8. The van der Waals surface area contributed by atoms with E-state index in [1.807, 2.05) is 67.8 Å². The Morgan fingerprint density at radius 2 is 1.94 bits per heavy atom. The van der Waals surface area contributed by atoms with E-state index in [4.69, 9.17) is 9.72 Å². The Morgan fingerprint density at radius 1 is 1.14 bits per heavy atom. The SMILES string of the molecule is COc1ccc(-c2csc(-n3nc(C)cc3NC(=O)C3CC(=O)N(c4cccc(C)c4)C3)n2)cc1. The molecule has 0 bridgehead atoms. The van der Waals surface area contributed by atoms with Crippen LogP contribution in [0.5, 0.6) is 5.75 Å². The Morgan fingerprint density at radius 3 is 2.69 bits per heavy atom. The number of aromatic nitrogens is 3. The second-order valence-corrected chi connectivity index (χ2v) is 9.40. The van der Waals surface area contributed by atoms with Gasteiger partial charge < -0.3 is 15.0 Å². The number of amides is 2. The molecular weight excluding hydrogens is 462 g/mol. The molecule has 2 aromatic heterocycles. The van der Waals surface area contributed by atoms with Gasteiger partial charge in [-0.1, -0.05) is 12.1 Å². The number of thiazole rings is 1. The normalized spacial score (nSPS) is 15.5. The number of hydrogen-bond acceptors (Lipinski definition) is 6. The largest absolute Gasteiger partial charge is 0.497 e. The third-order valence-corrected chi connectivity index (χ3v) is 6.77. The molecule has 1 fully saturated rings. The Labute approximate surface area is 207 Å². The molecule has 9 heteroatoms. The van der Waals surface area contributed by atoms with E-state index in [0.717, 1.165) is 34.0 Å². The lowest BCUT2D eigenvalue weighted by atomic mass is 10.1. The molecule has 35 heavy (non-hydrogen) atoms. The van der Waals surface area contributed by atoms with Crippen LogP contribution in [-0.2, 0) is 9.59 Å². The highest BCUT2D eigenvalue weighted by atomic mass is 32.1. The summed E-state index contributed by atoms with van der Waals surface area (Å²) in [7, 11) is 1.63. The van der Waals surface area contributed by atoms with Crippen LogP contribution in [0.25, 0.3) is 16.4 Å². The molecule has 2 aromatic carbocycles. The van der Waals surface area contributed by atoms with Gasteiger partial charge in [-0.05, 0) is 55.8 Å². The first-order valence-electron chi connectivity index (χ1n) is 11.3. The van der Waals surface area contributed by atoms with Gasteiger partial charge in [0.1, 0.15) is 11.6 Å². The highest BCUT2D eigenvalue weighted by molar-refractivity contribution is 7.12. The zero-order valence-corrected chi connectivity index (χ0v) is 20.5. The van der Waals surface area contributed by atoms with Crippen molar-refractivity contribution in [3.05, 3.63) is 71.2 Å². The third-order valence-electron chi connectivity index (χ3n) is 5.95. The number of carbonyl (C=O) groups is 2. The zero-order valence-electron chi connectivity index (χ0n) is 19.7. The van der Waals surface area contributed by atoms with E-state index in [-0.39, 0.29) is 18.2 Å². The van der Waals surface area contributed by atoms with Crippen molar-refractivity contribution >= 4 is 34.7 Å². The lowest BCUT2D eigenvalue weighted by Crippen LogP contribution is -2.28. The predicted molar refractivity (Wildman–Crippen MR) is 136 cm³/mol.